The molecule has 0 spiro atoms. The third-order valence-electron chi connectivity index (χ3n) is 6.60. The summed E-state index contributed by atoms with van der Waals surface area (Å²) in [6.07, 6.45) is 11.2. The Bertz CT molecular complexity index is 554. The molecule has 3 atom stereocenters. The number of carbonyl (C=O) groups excluding carboxylic acids is 1. The molecule has 6 heteroatoms. The van der Waals surface area contributed by atoms with Gasteiger partial charge in [-0.1, -0.05) is 18.9 Å². The number of hydrogen-bond donors (Lipinski definition) is 1. The van der Waals surface area contributed by atoms with Gasteiger partial charge in [0.05, 0.1) is 5.92 Å². The van der Waals surface area contributed by atoms with E-state index in [2.05, 4.69) is 16.3 Å². The standard InChI is InChI=1S/C18H27N3O3/c22-18-15-3-1-2-4-16(15)20-10-9-13(17(20)19-18)11-12-5-7-14(8-6-12)21(23)24/h11-12,14-17H,1-10H2,(H,19,22)/b13-11+. The molecule has 0 radical (unpaired) electrons. The van der Waals surface area contributed by atoms with Crippen molar-refractivity contribution in [1.29, 1.82) is 0 Å². The maximum atomic E-state index is 12.5. The number of amides is 1. The molecule has 24 heavy (non-hydrogen) atoms. The van der Waals surface area contributed by atoms with Crippen LogP contribution in [0.1, 0.15) is 57.8 Å². The average molecular weight is 333 g/mol. The van der Waals surface area contributed by atoms with E-state index in [1.165, 1.54) is 18.4 Å². The molecule has 0 aromatic rings. The highest BCUT2D eigenvalue weighted by molar-refractivity contribution is 5.81. The fraction of sp³-hybridized carbons (Fsp3) is 0.833. The first-order chi connectivity index (χ1) is 11.6. The fourth-order valence-electron chi connectivity index (χ4n) is 5.28. The Kier molecular flexibility index (Phi) is 4.33. The molecule has 3 unspecified atom stereocenters. The molecular weight excluding hydrogens is 306 g/mol. The third kappa shape index (κ3) is 2.85. The Morgan fingerprint density at radius 3 is 2.62 bits per heavy atom. The Morgan fingerprint density at radius 2 is 1.88 bits per heavy atom. The van der Waals surface area contributed by atoms with Gasteiger partial charge < -0.3 is 5.32 Å². The van der Waals surface area contributed by atoms with Gasteiger partial charge in [0.2, 0.25) is 11.9 Å². The van der Waals surface area contributed by atoms with Gasteiger partial charge in [0.1, 0.15) is 6.17 Å². The third-order valence-corrected chi connectivity index (χ3v) is 6.60. The number of nitrogens with zero attached hydrogens (tertiary/aromatic N) is 2. The maximum Gasteiger partial charge on any atom is 0.226 e. The number of nitrogens with one attached hydrogen (secondary N) is 1. The molecule has 4 aliphatic rings. The van der Waals surface area contributed by atoms with Gasteiger partial charge in [-0.2, -0.15) is 0 Å². The number of nitro groups is 1. The molecule has 2 aliphatic carbocycles. The summed E-state index contributed by atoms with van der Waals surface area (Å²) >= 11 is 0. The Morgan fingerprint density at radius 1 is 1.12 bits per heavy atom. The molecule has 0 bridgehead atoms. The van der Waals surface area contributed by atoms with Gasteiger partial charge in [-0.3, -0.25) is 19.8 Å². The summed E-state index contributed by atoms with van der Waals surface area (Å²) in [6.45, 7) is 1.04. The summed E-state index contributed by atoms with van der Waals surface area (Å²) in [4.78, 5) is 25.8. The van der Waals surface area contributed by atoms with Crippen LogP contribution in [-0.2, 0) is 4.79 Å². The van der Waals surface area contributed by atoms with E-state index in [0.717, 1.165) is 38.6 Å². The molecule has 1 amide bonds. The molecule has 4 rings (SSSR count). The van der Waals surface area contributed by atoms with E-state index < -0.39 is 0 Å². The van der Waals surface area contributed by atoms with Crippen molar-refractivity contribution in [2.75, 3.05) is 6.54 Å². The minimum Gasteiger partial charge on any atom is -0.336 e. The van der Waals surface area contributed by atoms with Crippen LogP contribution in [0, 0.1) is 22.0 Å². The molecule has 2 saturated heterocycles. The first-order valence-corrected chi connectivity index (χ1v) is 9.53. The van der Waals surface area contributed by atoms with Crippen molar-refractivity contribution in [3.63, 3.8) is 0 Å². The van der Waals surface area contributed by atoms with E-state index in [9.17, 15) is 14.9 Å². The lowest BCUT2D eigenvalue weighted by atomic mass is 9.81. The number of carbonyl (C=O) groups is 1. The van der Waals surface area contributed by atoms with Crippen LogP contribution in [0.5, 0.6) is 0 Å². The largest absolute Gasteiger partial charge is 0.336 e. The van der Waals surface area contributed by atoms with Gasteiger partial charge in [0, 0.05) is 30.4 Å². The first-order valence-electron chi connectivity index (χ1n) is 9.53. The van der Waals surface area contributed by atoms with Gasteiger partial charge in [0.25, 0.3) is 0 Å². The second-order valence-electron chi connectivity index (χ2n) is 7.95. The van der Waals surface area contributed by atoms with Crippen molar-refractivity contribution in [2.24, 2.45) is 11.8 Å². The summed E-state index contributed by atoms with van der Waals surface area (Å²) in [7, 11) is 0. The smallest absolute Gasteiger partial charge is 0.226 e. The molecule has 1 N–H and O–H groups in total. The number of rotatable bonds is 2. The second-order valence-corrected chi connectivity index (χ2v) is 7.95. The highest BCUT2D eigenvalue weighted by atomic mass is 16.6. The van der Waals surface area contributed by atoms with Crippen LogP contribution in [0.2, 0.25) is 0 Å². The van der Waals surface area contributed by atoms with Gasteiger partial charge >= 0.3 is 0 Å². The van der Waals surface area contributed by atoms with E-state index in [-0.39, 0.29) is 29.0 Å². The predicted octanol–water partition coefficient (Wildman–Crippen LogP) is 2.47. The zero-order valence-corrected chi connectivity index (χ0v) is 14.2. The van der Waals surface area contributed by atoms with E-state index in [4.69, 9.17) is 0 Å². The van der Waals surface area contributed by atoms with Gasteiger partial charge in [0.15, 0.2) is 0 Å². The maximum absolute atomic E-state index is 12.5. The molecular formula is C18H27N3O3. The molecule has 0 aromatic heterocycles. The van der Waals surface area contributed by atoms with Crippen LogP contribution >= 0.6 is 0 Å². The minimum atomic E-state index is -0.350. The first kappa shape index (κ1) is 16.1. The zero-order valence-electron chi connectivity index (χ0n) is 14.2. The SMILES string of the molecule is O=C1NC2/C(=C/C3CCC([N+](=O)[O-])CC3)CCN2C2CCCCC12. The summed E-state index contributed by atoms with van der Waals surface area (Å²) in [5.41, 5.74) is 1.34. The summed E-state index contributed by atoms with van der Waals surface area (Å²) in [5.74, 6) is 0.868. The molecule has 2 aliphatic heterocycles. The quantitative estimate of drug-likeness (QED) is 0.478. The minimum absolute atomic E-state index is 0.0880. The zero-order chi connectivity index (χ0) is 16.7. The van der Waals surface area contributed by atoms with Gasteiger partial charge in [-0.25, -0.2) is 0 Å². The molecule has 2 saturated carbocycles. The molecule has 6 nitrogen and oxygen atoms in total. The highest BCUT2D eigenvalue weighted by Gasteiger charge is 2.46. The highest BCUT2D eigenvalue weighted by Crippen LogP contribution is 2.39. The normalized spacial score (nSPS) is 41.6. The van der Waals surface area contributed by atoms with Crippen molar-refractivity contribution in [3.05, 3.63) is 21.8 Å². The summed E-state index contributed by atoms with van der Waals surface area (Å²) < 4.78 is 0. The molecule has 0 aromatic carbocycles. The predicted molar refractivity (Wildman–Crippen MR) is 89.8 cm³/mol. The van der Waals surface area contributed by atoms with Crippen molar-refractivity contribution in [3.8, 4) is 0 Å². The second kappa shape index (κ2) is 6.47. The Balaban J connectivity index is 1.44. The lowest BCUT2D eigenvalue weighted by Gasteiger charge is -2.45. The van der Waals surface area contributed by atoms with Crippen molar-refractivity contribution in [2.45, 2.75) is 76.0 Å². The number of fused-ring (bicyclic) bond motifs is 3. The fourth-order valence-corrected chi connectivity index (χ4v) is 5.28. The van der Waals surface area contributed by atoms with E-state index in [0.29, 0.717) is 24.8 Å². The summed E-state index contributed by atoms with van der Waals surface area (Å²) in [5, 5.41) is 14.2. The van der Waals surface area contributed by atoms with Crippen molar-refractivity contribution < 1.29 is 9.72 Å². The monoisotopic (exact) mass is 333 g/mol. The Labute approximate surface area is 142 Å². The van der Waals surface area contributed by atoms with E-state index in [1.807, 2.05) is 0 Å². The van der Waals surface area contributed by atoms with Gasteiger partial charge in [-0.05, 0) is 43.6 Å². The van der Waals surface area contributed by atoms with E-state index in [1.54, 1.807) is 0 Å². The summed E-state index contributed by atoms with van der Waals surface area (Å²) in [6, 6.07) is 0.0747. The van der Waals surface area contributed by atoms with Crippen LogP contribution in [0.3, 0.4) is 0 Å². The topological polar surface area (TPSA) is 75.5 Å². The molecule has 132 valence electrons. The number of hydrogen-bond acceptors (Lipinski definition) is 4. The number of allylic oxidation sites excluding steroid dienone is 1. The van der Waals surface area contributed by atoms with Crippen molar-refractivity contribution in [1.82, 2.24) is 10.2 Å². The van der Waals surface area contributed by atoms with Crippen LogP contribution in [-0.4, -0.2) is 40.5 Å². The molecule has 4 fully saturated rings. The average Bonchev–Trinajstić information content (AvgIpc) is 2.98. The van der Waals surface area contributed by atoms with Crippen LogP contribution in [0.15, 0.2) is 11.6 Å². The van der Waals surface area contributed by atoms with Gasteiger partial charge in [-0.15, -0.1) is 0 Å². The van der Waals surface area contributed by atoms with Crippen molar-refractivity contribution >= 4 is 5.91 Å². The lowest BCUT2D eigenvalue weighted by molar-refractivity contribution is -0.526. The van der Waals surface area contributed by atoms with E-state index >= 15 is 0 Å². The lowest BCUT2D eigenvalue weighted by Crippen LogP contribution is -2.61. The van der Waals surface area contributed by atoms with Crippen LogP contribution in [0.4, 0.5) is 0 Å². The van der Waals surface area contributed by atoms with Crippen LogP contribution < -0.4 is 5.32 Å². The molecule has 2 heterocycles. The van der Waals surface area contributed by atoms with Crippen LogP contribution in [0.25, 0.3) is 0 Å². The Hall–Kier alpha value is -1.43.